The van der Waals surface area contributed by atoms with Crippen molar-refractivity contribution >= 4 is 45.2 Å². The van der Waals surface area contributed by atoms with Crippen molar-refractivity contribution in [2.24, 2.45) is 17.8 Å². The van der Waals surface area contributed by atoms with Gasteiger partial charge in [0.2, 0.25) is 27.4 Å². The molecule has 3 N–H and O–H groups in total. The standard InChI is InChI=1S/C46H57F3N6O9S2/c1-26(2)62-31-14-12-29(13-15-31)34-19-32(20-35(51-34)37-23-50-25-65-37)63-33-21-36-39(56)53-45(41(58)54-66(60,61)44(7)16-17-44)22-30(45)11-9-8-10-27(3)18-28(4)38(40(57)55(36)24-33)52-42(59)64-43(5,6)46(47,48)49/h9,11-15,19-20,23,25-28,30,33,36,38H,8,10,16-18,21-22,24H2,1-7H3,(H,52,59)(H,53,56)(H,54,58)/b11-9-/t27-,28+,30+,33+,36-,38-,45+/m0/s1. The molecule has 4 amide bonds. The first kappa shape index (κ1) is 48.7. The van der Waals surface area contributed by atoms with Gasteiger partial charge in [0.05, 0.1) is 39.2 Å². The molecular weight excluding hydrogens is 902 g/mol. The number of pyridine rings is 1. The average Bonchev–Trinajstić information content (AvgIpc) is 3.98. The molecule has 2 aliphatic heterocycles. The lowest BCUT2D eigenvalue weighted by Crippen LogP contribution is -2.59. The van der Waals surface area contributed by atoms with Gasteiger partial charge in [-0.15, -0.1) is 11.3 Å². The van der Waals surface area contributed by atoms with Gasteiger partial charge in [-0.25, -0.2) is 18.2 Å². The number of carbonyl (C=O) groups excluding carboxylic acids is 4. The predicted molar refractivity (Wildman–Crippen MR) is 240 cm³/mol. The third-order valence-corrected chi connectivity index (χ3v) is 15.8. The quantitative estimate of drug-likeness (QED) is 0.163. The minimum Gasteiger partial charge on any atom is -0.491 e. The van der Waals surface area contributed by atoms with Gasteiger partial charge in [0.15, 0.2) is 0 Å². The molecule has 0 unspecified atom stereocenters. The molecule has 3 fully saturated rings. The van der Waals surface area contributed by atoms with Crippen molar-refractivity contribution in [2.75, 3.05) is 6.54 Å². The van der Waals surface area contributed by atoms with E-state index in [0.29, 0.717) is 68.8 Å². The van der Waals surface area contributed by atoms with Gasteiger partial charge in [-0.1, -0.05) is 26.0 Å². The Labute approximate surface area is 386 Å². The van der Waals surface area contributed by atoms with Gasteiger partial charge in [0.25, 0.3) is 5.91 Å². The molecule has 20 heteroatoms. The molecule has 66 heavy (non-hydrogen) atoms. The Morgan fingerprint density at radius 2 is 1.73 bits per heavy atom. The Morgan fingerprint density at radius 3 is 2.36 bits per heavy atom. The van der Waals surface area contributed by atoms with Crippen molar-refractivity contribution in [1.29, 1.82) is 0 Å². The van der Waals surface area contributed by atoms with Crippen LogP contribution in [-0.2, 0) is 29.1 Å². The monoisotopic (exact) mass is 958 g/mol. The number of halogens is 3. The molecule has 358 valence electrons. The van der Waals surface area contributed by atoms with Crippen molar-refractivity contribution in [3.63, 3.8) is 0 Å². The molecule has 4 heterocycles. The lowest BCUT2D eigenvalue weighted by atomic mass is 9.88. The number of alkyl carbamates (subject to hydrolysis) is 1. The number of hydrogen-bond acceptors (Lipinski definition) is 12. The van der Waals surface area contributed by atoms with Crippen LogP contribution in [0.1, 0.15) is 93.4 Å². The van der Waals surface area contributed by atoms with Gasteiger partial charge in [-0.2, -0.15) is 13.2 Å². The number of alkyl halides is 3. The van der Waals surface area contributed by atoms with Crippen LogP contribution in [0.5, 0.6) is 11.5 Å². The Bertz CT molecular complexity index is 2440. The fourth-order valence-corrected chi connectivity index (χ4v) is 10.3. The highest BCUT2D eigenvalue weighted by Crippen LogP contribution is 2.48. The van der Waals surface area contributed by atoms with Crippen molar-refractivity contribution in [3.8, 4) is 33.3 Å². The molecule has 0 spiro atoms. The van der Waals surface area contributed by atoms with E-state index < -0.39 is 85.9 Å². The van der Waals surface area contributed by atoms with Crippen LogP contribution < -0.4 is 24.8 Å². The maximum absolute atomic E-state index is 15.0. The molecule has 2 saturated carbocycles. The van der Waals surface area contributed by atoms with Crippen LogP contribution in [0.2, 0.25) is 0 Å². The summed E-state index contributed by atoms with van der Waals surface area (Å²) >= 11 is 1.36. The highest BCUT2D eigenvalue weighted by atomic mass is 32.2. The highest BCUT2D eigenvalue weighted by molar-refractivity contribution is 7.91. The minimum atomic E-state index is -4.93. The molecule has 0 radical (unpaired) electrons. The first-order chi connectivity index (χ1) is 30.9. The number of rotatable bonds is 11. The predicted octanol–water partition coefficient (Wildman–Crippen LogP) is 7.33. The summed E-state index contributed by atoms with van der Waals surface area (Å²) in [6.07, 6.45) is 0.207. The van der Waals surface area contributed by atoms with E-state index in [4.69, 9.17) is 19.2 Å². The summed E-state index contributed by atoms with van der Waals surface area (Å²) in [6, 6.07) is 7.99. The summed E-state index contributed by atoms with van der Waals surface area (Å²) in [5.41, 5.74) is -1.08. The Kier molecular flexibility index (Phi) is 13.6. The number of ether oxygens (including phenoxy) is 3. The van der Waals surface area contributed by atoms with Crippen LogP contribution in [0.25, 0.3) is 21.8 Å². The molecule has 2 aromatic heterocycles. The molecule has 2 aliphatic carbocycles. The van der Waals surface area contributed by atoms with Crippen LogP contribution in [0.4, 0.5) is 18.0 Å². The summed E-state index contributed by atoms with van der Waals surface area (Å²) in [5.74, 6) is -2.73. The fourth-order valence-electron chi connectivity index (χ4n) is 8.40. The number of thiazole rings is 1. The molecule has 15 nitrogen and oxygen atoms in total. The van der Waals surface area contributed by atoms with E-state index in [1.807, 2.05) is 51.1 Å². The molecule has 0 bridgehead atoms. The zero-order valence-electron chi connectivity index (χ0n) is 37.9. The molecule has 7 rings (SSSR count). The molecule has 7 atom stereocenters. The lowest BCUT2D eigenvalue weighted by molar-refractivity contribution is -0.244. The van der Waals surface area contributed by atoms with Gasteiger partial charge in [0.1, 0.15) is 35.2 Å². The second kappa shape index (κ2) is 18.4. The van der Waals surface area contributed by atoms with Crippen molar-refractivity contribution in [2.45, 2.75) is 140 Å². The number of nitrogens with zero attached hydrogens (tertiary/aromatic N) is 3. The zero-order chi connectivity index (χ0) is 48.0. The summed E-state index contributed by atoms with van der Waals surface area (Å²) < 4.78 is 86.6. The maximum Gasteiger partial charge on any atom is 0.427 e. The maximum atomic E-state index is 15.0. The first-order valence-electron chi connectivity index (χ1n) is 22.2. The number of aromatic nitrogens is 2. The van der Waals surface area contributed by atoms with Crippen molar-refractivity contribution < 1.29 is 55.0 Å². The fraction of sp³-hybridized carbons (Fsp3) is 0.565. The first-order valence-corrected chi connectivity index (χ1v) is 24.5. The zero-order valence-corrected chi connectivity index (χ0v) is 39.6. The van der Waals surface area contributed by atoms with Crippen LogP contribution in [0.3, 0.4) is 0 Å². The van der Waals surface area contributed by atoms with Crippen LogP contribution >= 0.6 is 11.3 Å². The summed E-state index contributed by atoms with van der Waals surface area (Å²) in [6.45, 7) is 10.2. The Morgan fingerprint density at radius 1 is 1.03 bits per heavy atom. The van der Waals surface area contributed by atoms with Crippen molar-refractivity contribution in [1.82, 2.24) is 30.2 Å². The number of sulfonamides is 1. The number of fused-ring (bicyclic) bond motifs is 2. The van der Waals surface area contributed by atoms with E-state index in [0.717, 1.165) is 10.4 Å². The Balaban J connectivity index is 1.24. The topological polar surface area (TPSA) is 195 Å². The summed E-state index contributed by atoms with van der Waals surface area (Å²) in [7, 11) is -4.10. The molecule has 1 aromatic carbocycles. The lowest BCUT2D eigenvalue weighted by Gasteiger charge is -2.34. The van der Waals surface area contributed by atoms with Gasteiger partial charge in [-0.05, 0) is 109 Å². The normalized spacial score (nSPS) is 27.3. The molecule has 4 aliphatic rings. The minimum absolute atomic E-state index is 0.0382. The second-order valence-corrected chi connectivity index (χ2v) is 22.2. The molecule has 3 aromatic rings. The van der Waals surface area contributed by atoms with E-state index >= 15 is 0 Å². The third-order valence-electron chi connectivity index (χ3n) is 12.9. The van der Waals surface area contributed by atoms with Gasteiger partial charge in [0, 0.05) is 36.2 Å². The number of hydrogen-bond donors (Lipinski definition) is 3. The number of nitrogens with one attached hydrogen (secondary N) is 3. The van der Waals surface area contributed by atoms with E-state index in [-0.39, 0.29) is 31.4 Å². The summed E-state index contributed by atoms with van der Waals surface area (Å²) in [5, 5.41) is 5.24. The number of allylic oxidation sites excluding steroid dienone is 1. The molecule has 1 saturated heterocycles. The highest BCUT2D eigenvalue weighted by Gasteiger charge is 2.63. The number of amides is 4. The van der Waals surface area contributed by atoms with Gasteiger partial charge >= 0.3 is 12.3 Å². The van der Waals surface area contributed by atoms with E-state index in [9.17, 15) is 40.8 Å². The van der Waals surface area contributed by atoms with Crippen LogP contribution in [-0.4, -0.2) is 100 Å². The average molecular weight is 959 g/mol. The van der Waals surface area contributed by atoms with E-state index in [1.54, 1.807) is 43.8 Å². The van der Waals surface area contributed by atoms with E-state index in [1.165, 1.54) is 16.2 Å². The molecular formula is C46H57F3N6O9S2. The van der Waals surface area contributed by atoms with Crippen molar-refractivity contribution in [3.05, 3.63) is 60.3 Å². The Hall–Kier alpha value is -5.24. The summed E-state index contributed by atoms with van der Waals surface area (Å²) in [4.78, 5) is 68.1. The largest absolute Gasteiger partial charge is 0.491 e. The van der Waals surface area contributed by atoms with Gasteiger partial charge < -0.3 is 29.7 Å². The third kappa shape index (κ3) is 10.6. The van der Waals surface area contributed by atoms with E-state index in [2.05, 4.69) is 20.3 Å². The van der Waals surface area contributed by atoms with Crippen LogP contribution in [0, 0.1) is 17.8 Å². The van der Waals surface area contributed by atoms with Crippen LogP contribution in [0.15, 0.2) is 60.3 Å². The van der Waals surface area contributed by atoms with Gasteiger partial charge in [-0.3, -0.25) is 24.1 Å². The SMILES string of the molecule is CC(C)Oc1ccc(-c2cc(O[C@@H]3C[C@H]4C(=O)N[C@]5(C(=O)NS(=O)(=O)C6(C)CC6)C[C@H]5/C=C\CC[C@H](C)C[C@@H](C)[C@H](NC(=O)OC(C)(C)C(F)(F)F)C(=O)N4C3)cc(-c3cncs3)n2)cc1. The second-order valence-electron chi connectivity index (χ2n) is 19.1. The number of benzene rings is 1. The number of carbonyl (C=O) groups is 4. The smallest absolute Gasteiger partial charge is 0.427 e.